The third-order valence-electron chi connectivity index (χ3n) is 5.98. The highest BCUT2D eigenvalue weighted by Crippen LogP contribution is 2.22. The molecule has 0 radical (unpaired) electrons. The van der Waals surface area contributed by atoms with Gasteiger partial charge in [-0.2, -0.15) is 0 Å². The lowest BCUT2D eigenvalue weighted by atomic mass is 10.2. The van der Waals surface area contributed by atoms with Gasteiger partial charge in [0.05, 0.1) is 17.9 Å². The molecule has 0 aliphatic heterocycles. The van der Waals surface area contributed by atoms with Gasteiger partial charge in [0.25, 0.3) is 0 Å². The number of aromatic nitrogens is 2. The molecule has 2 aromatic rings. The van der Waals surface area contributed by atoms with E-state index in [2.05, 4.69) is 33.6 Å². The van der Waals surface area contributed by atoms with Crippen molar-refractivity contribution in [3.8, 4) is 0 Å². The van der Waals surface area contributed by atoms with Crippen molar-refractivity contribution >= 4 is 12.2 Å². The second kappa shape index (κ2) is 24.7. The van der Waals surface area contributed by atoms with Gasteiger partial charge in [0.1, 0.15) is 12.0 Å². The molecule has 1 aromatic heterocycles. The number of rotatable bonds is 17. The van der Waals surface area contributed by atoms with Crippen molar-refractivity contribution in [3.63, 3.8) is 0 Å². The van der Waals surface area contributed by atoms with E-state index in [1.165, 1.54) is 6.07 Å². The largest absolute Gasteiger partial charge is 0.377 e. The highest BCUT2D eigenvalue weighted by atomic mass is 19.1. The minimum Gasteiger partial charge on any atom is -0.377 e. The van der Waals surface area contributed by atoms with Gasteiger partial charge in [-0.1, -0.05) is 62.4 Å². The Kier molecular flexibility index (Phi) is 22.9. The zero-order chi connectivity index (χ0) is 31.8. The first-order chi connectivity index (χ1) is 20.3. The molecule has 2 unspecified atom stereocenters. The number of aliphatic hydroxyl groups is 2. The second-order valence-electron chi connectivity index (χ2n) is 9.14. The first kappa shape index (κ1) is 39.1. The Morgan fingerprint density at radius 2 is 1.76 bits per heavy atom. The average molecular weight is 587 g/mol. The molecule has 5 N–H and O–H groups in total. The third kappa shape index (κ3) is 14.8. The van der Waals surface area contributed by atoms with E-state index in [-0.39, 0.29) is 18.9 Å². The van der Waals surface area contributed by atoms with Crippen molar-refractivity contribution in [2.24, 2.45) is 0 Å². The van der Waals surface area contributed by atoms with Crippen LogP contribution in [0.3, 0.4) is 0 Å². The van der Waals surface area contributed by atoms with Crippen molar-refractivity contribution < 1.29 is 14.6 Å². The Morgan fingerprint density at radius 3 is 2.36 bits per heavy atom. The molecule has 8 nitrogen and oxygen atoms in total. The molecule has 1 aromatic carbocycles. The lowest BCUT2D eigenvalue weighted by molar-refractivity contribution is 0.00739. The first-order valence-electron chi connectivity index (χ1n) is 14.8. The van der Waals surface area contributed by atoms with Gasteiger partial charge in [0, 0.05) is 38.3 Å². The van der Waals surface area contributed by atoms with Crippen LogP contribution in [-0.4, -0.2) is 77.7 Å². The van der Waals surface area contributed by atoms with Gasteiger partial charge in [-0.25, -0.2) is 9.37 Å². The van der Waals surface area contributed by atoms with E-state index in [4.69, 9.17) is 0 Å². The fourth-order valence-corrected chi connectivity index (χ4v) is 3.71. The molecule has 0 saturated carbocycles. The minimum absolute atomic E-state index is 0.138. The van der Waals surface area contributed by atoms with E-state index in [9.17, 15) is 14.6 Å². The van der Waals surface area contributed by atoms with Crippen molar-refractivity contribution in [2.75, 3.05) is 46.8 Å². The van der Waals surface area contributed by atoms with Gasteiger partial charge in [0.15, 0.2) is 12.1 Å². The van der Waals surface area contributed by atoms with Crippen LogP contribution >= 0.6 is 0 Å². The van der Waals surface area contributed by atoms with Crippen LogP contribution in [-0.2, 0) is 6.54 Å². The lowest BCUT2D eigenvalue weighted by Gasteiger charge is -2.24. The van der Waals surface area contributed by atoms with Crippen LogP contribution in [0.25, 0.3) is 12.2 Å². The summed E-state index contributed by atoms with van der Waals surface area (Å²) in [6.45, 7) is 17.6. The van der Waals surface area contributed by atoms with Crippen LogP contribution in [0, 0.1) is 5.82 Å². The Hall–Kier alpha value is -2.92. The van der Waals surface area contributed by atoms with Crippen molar-refractivity contribution in [3.05, 3.63) is 89.8 Å². The smallest absolute Gasteiger partial charge is 0.164 e. The lowest BCUT2D eigenvalue weighted by Crippen LogP contribution is -2.41. The molecule has 0 saturated heterocycles. The number of nitrogens with one attached hydrogen (secondary N) is 3. The van der Waals surface area contributed by atoms with Crippen molar-refractivity contribution in [1.29, 1.82) is 0 Å². The maximum Gasteiger partial charge on any atom is 0.164 e. The van der Waals surface area contributed by atoms with E-state index >= 15 is 0 Å². The van der Waals surface area contributed by atoms with Crippen LogP contribution in [0.1, 0.15) is 70.0 Å². The summed E-state index contributed by atoms with van der Waals surface area (Å²) < 4.78 is 16.1. The number of hydrogen-bond acceptors (Lipinski definition) is 7. The number of allylic oxidation sites excluding steroid dienone is 3. The van der Waals surface area contributed by atoms with Crippen molar-refractivity contribution in [2.45, 2.75) is 60.0 Å². The predicted molar refractivity (Wildman–Crippen MR) is 177 cm³/mol. The van der Waals surface area contributed by atoms with Crippen LogP contribution in [0.2, 0.25) is 0 Å². The molecule has 0 aliphatic carbocycles. The summed E-state index contributed by atoms with van der Waals surface area (Å²) in [5.41, 5.74) is 1.94. The molecule has 0 spiro atoms. The van der Waals surface area contributed by atoms with Crippen LogP contribution < -0.4 is 16.0 Å². The van der Waals surface area contributed by atoms with Gasteiger partial charge < -0.3 is 25.4 Å². The van der Waals surface area contributed by atoms with E-state index in [1.807, 2.05) is 72.0 Å². The summed E-state index contributed by atoms with van der Waals surface area (Å²) in [5, 5.41) is 30.4. The summed E-state index contributed by atoms with van der Waals surface area (Å²) in [6.07, 6.45) is 12.3. The SMILES string of the molecule is C/C=C/CNCCNC.C=CCCN(C)C(O)CNC(O)c1nc(/C=C/C)c(/C=C\C)n1Cc1ccccc1F.CC. The van der Waals surface area contributed by atoms with Gasteiger partial charge >= 0.3 is 0 Å². The van der Waals surface area contributed by atoms with Crippen LogP contribution in [0.4, 0.5) is 4.39 Å². The molecule has 9 heteroatoms. The fourth-order valence-electron chi connectivity index (χ4n) is 3.71. The molecular weight excluding hydrogens is 531 g/mol. The molecular formula is C33H55FN6O2. The normalized spacial score (nSPS) is 12.8. The summed E-state index contributed by atoms with van der Waals surface area (Å²) in [7, 11) is 3.76. The van der Waals surface area contributed by atoms with E-state index in [0.29, 0.717) is 23.6 Å². The topological polar surface area (TPSA) is 97.6 Å². The number of hydrogen-bond donors (Lipinski definition) is 5. The molecule has 0 amide bonds. The summed E-state index contributed by atoms with van der Waals surface area (Å²) >= 11 is 0. The Morgan fingerprint density at radius 1 is 1.07 bits per heavy atom. The number of benzene rings is 1. The summed E-state index contributed by atoms with van der Waals surface area (Å²) in [4.78, 5) is 6.37. The first-order valence-corrected chi connectivity index (χ1v) is 14.8. The summed E-state index contributed by atoms with van der Waals surface area (Å²) in [5.74, 6) is 0.0354. The monoisotopic (exact) mass is 586 g/mol. The molecule has 236 valence electrons. The van der Waals surface area contributed by atoms with Crippen molar-refractivity contribution in [1.82, 2.24) is 30.4 Å². The van der Waals surface area contributed by atoms with E-state index in [0.717, 1.165) is 31.7 Å². The second-order valence-corrected chi connectivity index (χ2v) is 9.14. The maximum atomic E-state index is 14.3. The molecule has 42 heavy (non-hydrogen) atoms. The van der Waals surface area contributed by atoms with Crippen LogP contribution in [0.15, 0.2) is 61.2 Å². The number of imidazole rings is 1. The third-order valence-corrected chi connectivity index (χ3v) is 5.98. The molecule has 2 rings (SSSR count). The maximum absolute atomic E-state index is 14.3. The molecule has 0 bridgehead atoms. The average Bonchev–Trinajstić information content (AvgIpc) is 3.33. The van der Waals surface area contributed by atoms with Gasteiger partial charge in [-0.15, -0.1) is 6.58 Å². The van der Waals surface area contributed by atoms with Gasteiger partial charge in [0.2, 0.25) is 0 Å². The number of nitrogens with zero attached hydrogens (tertiary/aromatic N) is 3. The van der Waals surface area contributed by atoms with Gasteiger partial charge in [-0.05, 0) is 59.5 Å². The summed E-state index contributed by atoms with van der Waals surface area (Å²) in [6, 6.07) is 6.55. The molecule has 2 atom stereocenters. The standard InChI is InChI=1S/C24H33FN4O2.C7H16N2.C2H6/c1-5-8-15-28(4)22(30)16-26-24(31)23-27-20(11-6-2)21(12-7-3)29(23)17-18-13-9-10-14-19(18)25;1-3-4-5-9-7-6-8-2;1-2/h5-7,9-14,22,24,26,30-31H,1,8,15-17H2,2-4H3;3-4,8-9H,5-7H2,1-2H3;1-2H3/b11-6+,12-7-;4-3+;. The fraction of sp³-hybridized carbons (Fsp3) is 0.485. The zero-order valence-electron chi connectivity index (χ0n) is 26.8. The number of halogens is 1. The highest BCUT2D eigenvalue weighted by molar-refractivity contribution is 5.60. The predicted octanol–water partition coefficient (Wildman–Crippen LogP) is 4.94. The Balaban J connectivity index is 0.00000130. The molecule has 0 fully saturated rings. The van der Waals surface area contributed by atoms with E-state index < -0.39 is 12.5 Å². The Bertz CT molecular complexity index is 1070. The van der Waals surface area contributed by atoms with Gasteiger partial charge in [-0.3, -0.25) is 10.2 Å². The van der Waals surface area contributed by atoms with Crippen LogP contribution in [0.5, 0.6) is 0 Å². The van der Waals surface area contributed by atoms with E-state index in [1.54, 1.807) is 40.8 Å². The Labute approximate surface area is 253 Å². The number of likely N-dealkylation sites (N-methyl/N-ethyl adjacent to an activating group) is 2. The zero-order valence-corrected chi connectivity index (χ0v) is 26.8. The molecule has 0 aliphatic rings. The minimum atomic E-state index is -1.14. The molecule has 1 heterocycles. The quantitative estimate of drug-likeness (QED) is 0.102. The number of aliphatic hydroxyl groups excluding tert-OH is 2. The highest BCUT2D eigenvalue weighted by Gasteiger charge is 2.22.